The Balaban J connectivity index is 1.85. The van der Waals surface area contributed by atoms with Crippen molar-refractivity contribution in [2.45, 2.75) is 44.8 Å². The van der Waals surface area contributed by atoms with Crippen molar-refractivity contribution in [3.8, 4) is 5.75 Å². The molecule has 0 saturated heterocycles. The molecule has 0 amide bonds. The minimum atomic E-state index is 0.158. The van der Waals surface area contributed by atoms with Gasteiger partial charge in [-0.25, -0.2) is 9.79 Å². The average Bonchev–Trinajstić information content (AvgIpc) is 2.35. The number of benzene rings is 1. The first-order chi connectivity index (χ1) is 8.28. The molecule has 0 unspecified atom stereocenters. The second-order valence-corrected chi connectivity index (χ2v) is 4.58. The molecule has 3 heteroatoms. The summed E-state index contributed by atoms with van der Waals surface area (Å²) < 4.78 is 5.90. The number of nitrogens with zero attached hydrogens (tertiary/aromatic N) is 1. The molecule has 1 aliphatic carbocycles. The fourth-order valence-corrected chi connectivity index (χ4v) is 2.18. The van der Waals surface area contributed by atoms with E-state index in [0.717, 1.165) is 31.4 Å². The first kappa shape index (κ1) is 11.9. The maximum atomic E-state index is 10.2. The van der Waals surface area contributed by atoms with Gasteiger partial charge in [0, 0.05) is 0 Å². The van der Waals surface area contributed by atoms with Crippen molar-refractivity contribution in [1.29, 1.82) is 0 Å². The van der Waals surface area contributed by atoms with Gasteiger partial charge in [0.1, 0.15) is 5.75 Å². The van der Waals surface area contributed by atoms with Crippen LogP contribution in [0.1, 0.15) is 31.2 Å². The Morgan fingerprint density at radius 2 is 1.82 bits per heavy atom. The standard InChI is InChI=1S/C14H17NO2/c1-11-2-6-13(7-3-11)17-14-8-4-12(5-9-14)15-10-16/h2-3,6-7,12,14H,4-5,8-9H2,1H3. The van der Waals surface area contributed by atoms with E-state index in [9.17, 15) is 4.79 Å². The molecule has 0 bridgehead atoms. The molecule has 3 nitrogen and oxygen atoms in total. The molecule has 2 rings (SSSR count). The van der Waals surface area contributed by atoms with E-state index in [2.05, 4.69) is 24.0 Å². The first-order valence-electron chi connectivity index (χ1n) is 6.08. The average molecular weight is 231 g/mol. The van der Waals surface area contributed by atoms with Gasteiger partial charge in [0.15, 0.2) is 0 Å². The van der Waals surface area contributed by atoms with Crippen LogP contribution >= 0.6 is 0 Å². The minimum absolute atomic E-state index is 0.158. The molecule has 1 saturated carbocycles. The molecular formula is C14H17NO2. The number of ether oxygens (including phenoxy) is 1. The molecule has 0 spiro atoms. The van der Waals surface area contributed by atoms with Crippen molar-refractivity contribution < 1.29 is 9.53 Å². The number of rotatable bonds is 3. The van der Waals surface area contributed by atoms with E-state index in [1.165, 1.54) is 5.56 Å². The number of aryl methyl sites for hydroxylation is 1. The van der Waals surface area contributed by atoms with E-state index in [-0.39, 0.29) is 12.1 Å². The van der Waals surface area contributed by atoms with E-state index in [4.69, 9.17) is 4.74 Å². The van der Waals surface area contributed by atoms with Crippen LogP contribution in [0.2, 0.25) is 0 Å². The second-order valence-electron chi connectivity index (χ2n) is 4.58. The van der Waals surface area contributed by atoms with Crippen LogP contribution in [0.5, 0.6) is 5.75 Å². The molecule has 0 N–H and O–H groups in total. The number of isocyanates is 1. The molecule has 0 radical (unpaired) electrons. The largest absolute Gasteiger partial charge is 0.490 e. The number of aliphatic imine (C=N–C) groups is 1. The van der Waals surface area contributed by atoms with Crippen molar-refractivity contribution >= 4 is 6.08 Å². The van der Waals surface area contributed by atoms with Crippen LogP contribution < -0.4 is 4.74 Å². The summed E-state index contributed by atoms with van der Waals surface area (Å²) in [4.78, 5) is 13.9. The number of hydrogen-bond donors (Lipinski definition) is 0. The highest BCUT2D eigenvalue weighted by Crippen LogP contribution is 2.25. The highest BCUT2D eigenvalue weighted by Gasteiger charge is 2.21. The summed E-state index contributed by atoms with van der Waals surface area (Å²) in [5.74, 6) is 0.929. The van der Waals surface area contributed by atoms with Crippen LogP contribution in [-0.2, 0) is 4.79 Å². The third-order valence-corrected chi connectivity index (χ3v) is 3.20. The maximum absolute atomic E-state index is 10.2. The molecule has 1 aromatic rings. The Hall–Kier alpha value is -1.60. The lowest BCUT2D eigenvalue weighted by Gasteiger charge is -2.26. The summed E-state index contributed by atoms with van der Waals surface area (Å²) in [6, 6.07) is 8.27. The van der Waals surface area contributed by atoms with Gasteiger partial charge in [-0.15, -0.1) is 0 Å². The first-order valence-corrected chi connectivity index (χ1v) is 6.08. The van der Waals surface area contributed by atoms with E-state index in [1.807, 2.05) is 12.1 Å². The summed E-state index contributed by atoms with van der Waals surface area (Å²) >= 11 is 0. The van der Waals surface area contributed by atoms with Crippen LogP contribution in [0.3, 0.4) is 0 Å². The van der Waals surface area contributed by atoms with E-state index < -0.39 is 0 Å². The molecule has 0 heterocycles. The summed E-state index contributed by atoms with van der Waals surface area (Å²) in [7, 11) is 0. The van der Waals surface area contributed by atoms with Gasteiger partial charge in [0.25, 0.3) is 0 Å². The normalized spacial score (nSPS) is 23.8. The Morgan fingerprint density at radius 3 is 2.41 bits per heavy atom. The van der Waals surface area contributed by atoms with Gasteiger partial charge in [-0.05, 0) is 44.7 Å². The SMILES string of the molecule is Cc1ccc(OC2CCC(N=C=O)CC2)cc1. The van der Waals surface area contributed by atoms with Gasteiger partial charge in [0.05, 0.1) is 12.1 Å². The summed E-state index contributed by atoms with van der Waals surface area (Å²) in [5, 5.41) is 0. The van der Waals surface area contributed by atoms with Gasteiger partial charge in [-0.3, -0.25) is 0 Å². The van der Waals surface area contributed by atoms with Crippen molar-refractivity contribution in [2.75, 3.05) is 0 Å². The highest BCUT2D eigenvalue weighted by molar-refractivity contribution is 5.33. The third-order valence-electron chi connectivity index (χ3n) is 3.20. The molecule has 0 atom stereocenters. The van der Waals surface area contributed by atoms with Crippen LogP contribution in [0.15, 0.2) is 29.3 Å². The van der Waals surface area contributed by atoms with Crippen LogP contribution in [0.25, 0.3) is 0 Å². The van der Waals surface area contributed by atoms with Crippen molar-refractivity contribution in [1.82, 2.24) is 0 Å². The molecular weight excluding hydrogens is 214 g/mol. The van der Waals surface area contributed by atoms with Crippen LogP contribution in [-0.4, -0.2) is 18.2 Å². The van der Waals surface area contributed by atoms with Gasteiger partial charge in [-0.2, -0.15) is 0 Å². The molecule has 90 valence electrons. The van der Waals surface area contributed by atoms with E-state index in [0.29, 0.717) is 0 Å². The molecule has 1 fully saturated rings. The smallest absolute Gasteiger partial charge is 0.235 e. The van der Waals surface area contributed by atoms with Gasteiger partial charge < -0.3 is 4.74 Å². The monoisotopic (exact) mass is 231 g/mol. The minimum Gasteiger partial charge on any atom is -0.490 e. The van der Waals surface area contributed by atoms with Crippen molar-refractivity contribution in [3.63, 3.8) is 0 Å². The Bertz CT molecular complexity index is 399. The fraction of sp³-hybridized carbons (Fsp3) is 0.500. The van der Waals surface area contributed by atoms with E-state index >= 15 is 0 Å². The Kier molecular flexibility index (Phi) is 3.94. The van der Waals surface area contributed by atoms with Crippen molar-refractivity contribution in [3.05, 3.63) is 29.8 Å². The van der Waals surface area contributed by atoms with E-state index in [1.54, 1.807) is 6.08 Å². The second kappa shape index (κ2) is 5.65. The Morgan fingerprint density at radius 1 is 1.18 bits per heavy atom. The lowest BCUT2D eigenvalue weighted by atomic mass is 9.93. The van der Waals surface area contributed by atoms with Crippen LogP contribution in [0.4, 0.5) is 0 Å². The quantitative estimate of drug-likeness (QED) is 0.592. The summed E-state index contributed by atoms with van der Waals surface area (Å²) in [6.07, 6.45) is 5.67. The predicted octanol–water partition coefficient (Wildman–Crippen LogP) is 3.02. The summed E-state index contributed by atoms with van der Waals surface area (Å²) in [5.41, 5.74) is 1.24. The summed E-state index contributed by atoms with van der Waals surface area (Å²) in [6.45, 7) is 2.06. The zero-order valence-electron chi connectivity index (χ0n) is 10.1. The topological polar surface area (TPSA) is 38.7 Å². The predicted molar refractivity (Wildman–Crippen MR) is 66.0 cm³/mol. The lowest BCUT2D eigenvalue weighted by Crippen LogP contribution is -2.25. The number of carbonyl (C=O) groups excluding carboxylic acids is 1. The van der Waals surface area contributed by atoms with Crippen molar-refractivity contribution in [2.24, 2.45) is 4.99 Å². The molecule has 0 aromatic heterocycles. The molecule has 17 heavy (non-hydrogen) atoms. The molecule has 0 aliphatic heterocycles. The highest BCUT2D eigenvalue weighted by atomic mass is 16.5. The third kappa shape index (κ3) is 3.43. The van der Waals surface area contributed by atoms with Gasteiger partial charge in [-0.1, -0.05) is 17.7 Å². The Labute approximate surface area is 102 Å². The fourth-order valence-electron chi connectivity index (χ4n) is 2.18. The van der Waals surface area contributed by atoms with Gasteiger partial charge in [0.2, 0.25) is 6.08 Å². The number of hydrogen-bond acceptors (Lipinski definition) is 3. The molecule has 1 aromatic carbocycles. The van der Waals surface area contributed by atoms with Gasteiger partial charge >= 0.3 is 0 Å². The lowest BCUT2D eigenvalue weighted by molar-refractivity contribution is 0.147. The maximum Gasteiger partial charge on any atom is 0.235 e. The zero-order chi connectivity index (χ0) is 12.1. The molecule has 1 aliphatic rings. The van der Waals surface area contributed by atoms with Crippen LogP contribution in [0, 0.1) is 6.92 Å². The zero-order valence-corrected chi connectivity index (χ0v) is 10.1.